The van der Waals surface area contributed by atoms with Crippen LogP contribution in [0, 0.1) is 0 Å². The van der Waals surface area contributed by atoms with Crippen molar-refractivity contribution in [2.24, 2.45) is 0 Å². The Morgan fingerprint density at radius 2 is 2.08 bits per heavy atom. The number of carbonyl (C=O) groups excluding carboxylic acids is 1. The van der Waals surface area contributed by atoms with Crippen LogP contribution in [0.5, 0.6) is 5.75 Å². The molecule has 1 atom stereocenters. The predicted octanol–water partition coefficient (Wildman–Crippen LogP) is 4.88. The highest BCUT2D eigenvalue weighted by Crippen LogP contribution is 2.39. The van der Waals surface area contributed by atoms with Gasteiger partial charge in [-0.05, 0) is 63.3 Å². The minimum absolute atomic E-state index is 0.0673. The monoisotopic (exact) mass is 336 g/mol. The van der Waals surface area contributed by atoms with Crippen molar-refractivity contribution in [3.05, 3.63) is 76.0 Å². The lowest BCUT2D eigenvalue weighted by atomic mass is 9.99. The van der Waals surface area contributed by atoms with Crippen LogP contribution in [-0.4, -0.2) is 13.1 Å². The average molecular weight is 336 g/mol. The Morgan fingerprint density at radius 3 is 2.88 bits per heavy atom. The lowest BCUT2D eigenvalue weighted by Gasteiger charge is -2.11. The van der Waals surface area contributed by atoms with Gasteiger partial charge < -0.3 is 9.47 Å². The van der Waals surface area contributed by atoms with Gasteiger partial charge >= 0.3 is 5.97 Å². The Balaban J connectivity index is 1.61. The number of rotatable bonds is 3. The molecule has 1 aliphatic heterocycles. The Morgan fingerprint density at radius 1 is 1.17 bits per heavy atom. The van der Waals surface area contributed by atoms with E-state index in [-0.39, 0.29) is 12.1 Å². The zero-order chi connectivity index (χ0) is 16.5. The normalized spacial score (nSPS) is 15.6. The van der Waals surface area contributed by atoms with Crippen molar-refractivity contribution in [3.8, 4) is 16.9 Å². The molecule has 0 saturated carbocycles. The summed E-state index contributed by atoms with van der Waals surface area (Å²) in [6.45, 7) is 0. The van der Waals surface area contributed by atoms with Crippen LogP contribution in [0.25, 0.3) is 11.1 Å². The summed E-state index contributed by atoms with van der Waals surface area (Å²) in [7, 11) is 1.39. The van der Waals surface area contributed by atoms with E-state index < -0.39 is 0 Å². The second kappa shape index (κ2) is 6.13. The lowest BCUT2D eigenvalue weighted by molar-refractivity contribution is 0.0600. The van der Waals surface area contributed by atoms with E-state index in [9.17, 15) is 4.79 Å². The summed E-state index contributed by atoms with van der Waals surface area (Å²) in [6.07, 6.45) is 0.736. The summed E-state index contributed by atoms with van der Waals surface area (Å²) < 4.78 is 10.9. The molecular formula is C20H16O3S. The second-order valence-corrected chi connectivity index (χ2v) is 6.54. The van der Waals surface area contributed by atoms with E-state index in [2.05, 4.69) is 29.0 Å². The SMILES string of the molecule is COC(=O)c1cccc(C2Cc3cc(-c4ccsc4)ccc3O2)c1. The van der Waals surface area contributed by atoms with Crippen molar-refractivity contribution in [3.63, 3.8) is 0 Å². The molecule has 0 aliphatic carbocycles. The first-order valence-corrected chi connectivity index (χ1v) is 8.69. The van der Waals surface area contributed by atoms with E-state index in [0.717, 1.165) is 17.7 Å². The topological polar surface area (TPSA) is 35.5 Å². The number of benzene rings is 2. The van der Waals surface area contributed by atoms with Crippen LogP contribution in [-0.2, 0) is 11.2 Å². The van der Waals surface area contributed by atoms with Crippen LogP contribution in [0.2, 0.25) is 0 Å². The number of ether oxygens (including phenoxy) is 2. The number of thiophene rings is 1. The third-order valence-electron chi connectivity index (χ3n) is 4.27. The van der Waals surface area contributed by atoms with Crippen LogP contribution in [0.3, 0.4) is 0 Å². The molecule has 3 nitrogen and oxygen atoms in total. The highest BCUT2D eigenvalue weighted by Gasteiger charge is 2.25. The van der Waals surface area contributed by atoms with E-state index in [0.29, 0.717) is 5.56 Å². The van der Waals surface area contributed by atoms with Gasteiger partial charge in [-0.3, -0.25) is 0 Å². The predicted molar refractivity (Wildman–Crippen MR) is 94.6 cm³/mol. The van der Waals surface area contributed by atoms with E-state index in [1.165, 1.54) is 23.8 Å². The fourth-order valence-electron chi connectivity index (χ4n) is 3.03. The van der Waals surface area contributed by atoms with Crippen molar-refractivity contribution in [1.82, 2.24) is 0 Å². The van der Waals surface area contributed by atoms with Crippen molar-refractivity contribution in [2.75, 3.05) is 7.11 Å². The largest absolute Gasteiger partial charge is 0.485 e. The van der Waals surface area contributed by atoms with Gasteiger partial charge in [-0.2, -0.15) is 11.3 Å². The molecule has 0 N–H and O–H groups in total. The van der Waals surface area contributed by atoms with Crippen molar-refractivity contribution < 1.29 is 14.3 Å². The molecule has 0 saturated heterocycles. The van der Waals surface area contributed by atoms with Crippen LogP contribution < -0.4 is 4.74 Å². The van der Waals surface area contributed by atoms with Gasteiger partial charge in [-0.15, -0.1) is 0 Å². The molecule has 1 unspecified atom stereocenters. The standard InChI is InChI=1S/C20H16O3S/c1-22-20(21)15-4-2-3-14(10-15)19-11-17-9-13(5-6-18(17)23-19)16-7-8-24-12-16/h2-10,12,19H,11H2,1H3. The molecule has 0 bridgehead atoms. The number of esters is 1. The molecule has 0 spiro atoms. The zero-order valence-corrected chi connectivity index (χ0v) is 14.0. The molecule has 0 fully saturated rings. The first kappa shape index (κ1) is 15.0. The summed E-state index contributed by atoms with van der Waals surface area (Å²) in [5.74, 6) is 0.592. The van der Waals surface area contributed by atoms with Gasteiger partial charge in [0.25, 0.3) is 0 Å². The fourth-order valence-corrected chi connectivity index (χ4v) is 3.69. The molecular weight excluding hydrogens is 320 g/mol. The Labute approximate surface area is 144 Å². The van der Waals surface area contributed by atoms with Gasteiger partial charge in [0.05, 0.1) is 12.7 Å². The summed E-state index contributed by atoms with van der Waals surface area (Å²) in [6, 6.07) is 15.9. The summed E-state index contributed by atoms with van der Waals surface area (Å²) in [4.78, 5) is 11.7. The van der Waals surface area contributed by atoms with E-state index >= 15 is 0 Å². The molecule has 2 aromatic carbocycles. The van der Waals surface area contributed by atoms with Crippen LogP contribution in [0.15, 0.2) is 59.3 Å². The van der Waals surface area contributed by atoms with Gasteiger partial charge in [-0.25, -0.2) is 4.79 Å². The minimum Gasteiger partial charge on any atom is -0.485 e. The molecule has 0 amide bonds. The molecule has 4 rings (SSSR count). The number of methoxy groups -OCH3 is 1. The number of fused-ring (bicyclic) bond motifs is 1. The highest BCUT2D eigenvalue weighted by atomic mass is 32.1. The molecule has 3 aromatic rings. The molecule has 120 valence electrons. The summed E-state index contributed by atoms with van der Waals surface area (Å²) >= 11 is 1.70. The van der Waals surface area contributed by atoms with Crippen LogP contribution in [0.4, 0.5) is 0 Å². The lowest BCUT2D eigenvalue weighted by Crippen LogP contribution is -2.06. The molecule has 1 aromatic heterocycles. The van der Waals surface area contributed by atoms with Gasteiger partial charge in [0, 0.05) is 6.42 Å². The molecule has 4 heteroatoms. The minimum atomic E-state index is -0.327. The van der Waals surface area contributed by atoms with Gasteiger partial charge in [-0.1, -0.05) is 18.2 Å². The maximum absolute atomic E-state index is 11.7. The fraction of sp³-hybridized carbons (Fsp3) is 0.150. The van der Waals surface area contributed by atoms with E-state index in [1.807, 2.05) is 24.3 Å². The maximum atomic E-state index is 11.7. The smallest absolute Gasteiger partial charge is 0.337 e. The summed E-state index contributed by atoms with van der Waals surface area (Å²) in [5.41, 5.74) is 5.19. The molecule has 0 radical (unpaired) electrons. The third-order valence-corrected chi connectivity index (χ3v) is 4.95. The number of carbonyl (C=O) groups is 1. The van der Waals surface area contributed by atoms with Gasteiger partial charge in [0.2, 0.25) is 0 Å². The van der Waals surface area contributed by atoms with Gasteiger partial charge in [0.15, 0.2) is 0 Å². The maximum Gasteiger partial charge on any atom is 0.337 e. The first-order chi connectivity index (χ1) is 11.7. The van der Waals surface area contributed by atoms with Crippen molar-refractivity contribution in [2.45, 2.75) is 12.5 Å². The molecule has 24 heavy (non-hydrogen) atoms. The zero-order valence-electron chi connectivity index (χ0n) is 13.2. The first-order valence-electron chi connectivity index (χ1n) is 7.75. The van der Waals surface area contributed by atoms with Crippen molar-refractivity contribution >= 4 is 17.3 Å². The van der Waals surface area contributed by atoms with Crippen LogP contribution >= 0.6 is 11.3 Å². The second-order valence-electron chi connectivity index (χ2n) is 5.76. The third kappa shape index (κ3) is 2.69. The molecule has 2 heterocycles. The molecule has 1 aliphatic rings. The van der Waals surface area contributed by atoms with E-state index in [4.69, 9.17) is 9.47 Å². The highest BCUT2D eigenvalue weighted by molar-refractivity contribution is 7.08. The Kier molecular flexibility index (Phi) is 3.82. The Hall–Kier alpha value is -2.59. The quantitative estimate of drug-likeness (QED) is 0.640. The number of hydrogen-bond donors (Lipinski definition) is 0. The summed E-state index contributed by atoms with van der Waals surface area (Å²) in [5, 5.41) is 4.23. The Bertz CT molecular complexity index is 884. The number of hydrogen-bond acceptors (Lipinski definition) is 4. The van der Waals surface area contributed by atoms with Crippen molar-refractivity contribution in [1.29, 1.82) is 0 Å². The average Bonchev–Trinajstić information content (AvgIpc) is 3.29. The van der Waals surface area contributed by atoms with Gasteiger partial charge in [0.1, 0.15) is 11.9 Å². The van der Waals surface area contributed by atoms with Crippen LogP contribution in [0.1, 0.15) is 27.6 Å². The van der Waals surface area contributed by atoms with E-state index in [1.54, 1.807) is 17.4 Å².